The molecule has 2 heterocycles. The maximum Gasteiger partial charge on any atom is 0.274 e. The first kappa shape index (κ1) is 16.9. The van der Waals surface area contributed by atoms with Crippen LogP contribution < -0.4 is 10.1 Å². The Morgan fingerprint density at radius 3 is 2.80 bits per heavy atom. The van der Waals surface area contributed by atoms with Crippen molar-refractivity contribution in [3.05, 3.63) is 54.0 Å². The predicted octanol–water partition coefficient (Wildman–Crippen LogP) is 4.27. The van der Waals surface area contributed by atoms with E-state index < -0.39 is 17.5 Å². The first-order valence-corrected chi connectivity index (χ1v) is 7.95. The third-order valence-corrected chi connectivity index (χ3v) is 3.71. The van der Waals surface area contributed by atoms with Crippen LogP contribution in [0.3, 0.4) is 0 Å². The minimum Gasteiger partial charge on any atom is -0.492 e. The number of aromatic nitrogens is 2. The van der Waals surface area contributed by atoms with Gasteiger partial charge in [-0.1, -0.05) is 13.3 Å². The van der Waals surface area contributed by atoms with Crippen molar-refractivity contribution in [2.24, 2.45) is 0 Å². The molecule has 3 aromatic rings. The average Bonchev–Trinajstić information content (AvgIpc) is 2.98. The van der Waals surface area contributed by atoms with Gasteiger partial charge in [-0.25, -0.2) is 13.8 Å². The van der Waals surface area contributed by atoms with Gasteiger partial charge < -0.3 is 15.0 Å². The highest BCUT2D eigenvalue weighted by molar-refractivity contribution is 6.08. The molecular weight excluding hydrogens is 328 g/mol. The molecule has 7 heteroatoms. The van der Waals surface area contributed by atoms with E-state index in [9.17, 15) is 13.6 Å². The van der Waals surface area contributed by atoms with Gasteiger partial charge in [0.15, 0.2) is 11.6 Å². The quantitative estimate of drug-likeness (QED) is 0.656. The van der Waals surface area contributed by atoms with Gasteiger partial charge in [-0.05, 0) is 24.6 Å². The number of H-pyrrole nitrogens is 1. The fourth-order valence-corrected chi connectivity index (χ4v) is 2.34. The average molecular weight is 345 g/mol. The lowest BCUT2D eigenvalue weighted by Gasteiger charge is -2.06. The summed E-state index contributed by atoms with van der Waals surface area (Å²) in [5, 5.41) is 3.02. The number of ether oxygens (including phenoxy) is 1. The topological polar surface area (TPSA) is 67.0 Å². The maximum atomic E-state index is 13.4. The predicted molar refractivity (Wildman–Crippen MR) is 90.8 cm³/mol. The van der Waals surface area contributed by atoms with Crippen molar-refractivity contribution in [1.82, 2.24) is 9.97 Å². The molecule has 0 saturated carbocycles. The summed E-state index contributed by atoms with van der Waals surface area (Å²) in [5.41, 5.74) is 0.936. The molecule has 2 aromatic heterocycles. The van der Waals surface area contributed by atoms with E-state index in [2.05, 4.69) is 22.2 Å². The molecule has 0 bridgehead atoms. The Kier molecular flexibility index (Phi) is 4.92. The highest BCUT2D eigenvalue weighted by atomic mass is 19.2. The van der Waals surface area contributed by atoms with E-state index in [1.54, 1.807) is 12.1 Å². The molecule has 0 aliphatic carbocycles. The smallest absolute Gasteiger partial charge is 0.274 e. The first-order valence-electron chi connectivity index (χ1n) is 7.95. The van der Waals surface area contributed by atoms with Gasteiger partial charge in [-0.3, -0.25) is 4.79 Å². The second kappa shape index (κ2) is 7.29. The molecule has 0 spiro atoms. The van der Waals surface area contributed by atoms with Crippen LogP contribution in [0.25, 0.3) is 10.9 Å². The van der Waals surface area contributed by atoms with Crippen molar-refractivity contribution in [1.29, 1.82) is 0 Å². The lowest BCUT2D eigenvalue weighted by Crippen LogP contribution is -2.13. The zero-order valence-electron chi connectivity index (χ0n) is 13.6. The van der Waals surface area contributed by atoms with Gasteiger partial charge >= 0.3 is 0 Å². The van der Waals surface area contributed by atoms with Gasteiger partial charge in [-0.2, -0.15) is 0 Å². The van der Waals surface area contributed by atoms with Crippen molar-refractivity contribution in [2.75, 3.05) is 11.9 Å². The maximum absolute atomic E-state index is 13.4. The van der Waals surface area contributed by atoms with Crippen LogP contribution in [0.15, 0.2) is 36.7 Å². The zero-order valence-corrected chi connectivity index (χ0v) is 13.6. The summed E-state index contributed by atoms with van der Waals surface area (Å²) < 4.78 is 32.1. The number of aromatic amines is 1. The molecular formula is C18H17F2N3O2. The van der Waals surface area contributed by atoms with E-state index in [4.69, 9.17) is 4.74 Å². The molecule has 0 radical (unpaired) electrons. The minimum atomic E-state index is -0.977. The summed E-state index contributed by atoms with van der Waals surface area (Å²) in [5.74, 6) is -1.79. The number of hydrogen-bond donors (Lipinski definition) is 2. The van der Waals surface area contributed by atoms with E-state index in [0.717, 1.165) is 25.0 Å². The molecule has 5 nitrogen and oxygen atoms in total. The fourth-order valence-electron chi connectivity index (χ4n) is 2.34. The third-order valence-electron chi connectivity index (χ3n) is 3.71. The van der Waals surface area contributed by atoms with E-state index in [-0.39, 0.29) is 5.69 Å². The number of nitrogens with one attached hydrogen (secondary N) is 2. The Labute approximate surface area is 143 Å². The van der Waals surface area contributed by atoms with Crippen LogP contribution in [0.5, 0.6) is 5.75 Å². The summed E-state index contributed by atoms with van der Waals surface area (Å²) in [6, 6.07) is 5.30. The van der Waals surface area contributed by atoms with Crippen LogP contribution in [0.4, 0.5) is 14.5 Å². The van der Waals surface area contributed by atoms with Gasteiger partial charge in [0.2, 0.25) is 0 Å². The monoisotopic (exact) mass is 345 g/mol. The second-order valence-electron chi connectivity index (χ2n) is 5.55. The summed E-state index contributed by atoms with van der Waals surface area (Å²) in [6.45, 7) is 2.67. The van der Waals surface area contributed by atoms with Crippen molar-refractivity contribution in [2.45, 2.75) is 19.8 Å². The van der Waals surface area contributed by atoms with Gasteiger partial charge in [0.1, 0.15) is 11.4 Å². The number of fused-ring (bicyclic) bond motifs is 1. The SMILES string of the molecule is CCCCOc1ccc(C(=O)Nc2c[nH]c3cc(F)c(F)cc23)nc1. The summed E-state index contributed by atoms with van der Waals surface area (Å²) >= 11 is 0. The molecule has 0 unspecified atom stereocenters. The number of unbranched alkanes of at least 4 members (excludes halogenated alkanes) is 1. The highest BCUT2D eigenvalue weighted by Gasteiger charge is 2.13. The highest BCUT2D eigenvalue weighted by Crippen LogP contribution is 2.26. The number of halogens is 2. The van der Waals surface area contributed by atoms with E-state index in [1.165, 1.54) is 12.4 Å². The molecule has 25 heavy (non-hydrogen) atoms. The lowest BCUT2D eigenvalue weighted by atomic mass is 10.2. The largest absolute Gasteiger partial charge is 0.492 e. The second-order valence-corrected chi connectivity index (χ2v) is 5.55. The molecule has 2 N–H and O–H groups in total. The third kappa shape index (κ3) is 3.76. The van der Waals surface area contributed by atoms with E-state index >= 15 is 0 Å². The van der Waals surface area contributed by atoms with E-state index in [1.807, 2.05) is 0 Å². The Hall–Kier alpha value is -2.96. The summed E-state index contributed by atoms with van der Waals surface area (Å²) in [7, 11) is 0. The van der Waals surface area contributed by atoms with Crippen LogP contribution in [-0.4, -0.2) is 22.5 Å². The number of carbonyl (C=O) groups excluding carboxylic acids is 1. The van der Waals surface area contributed by atoms with Crippen molar-refractivity contribution < 1.29 is 18.3 Å². The number of anilines is 1. The molecule has 1 amide bonds. The lowest BCUT2D eigenvalue weighted by molar-refractivity contribution is 0.102. The number of carbonyl (C=O) groups is 1. The fraction of sp³-hybridized carbons (Fsp3) is 0.222. The number of benzene rings is 1. The molecule has 1 aromatic carbocycles. The first-order chi connectivity index (χ1) is 12.1. The number of hydrogen-bond acceptors (Lipinski definition) is 3. The van der Waals surface area contributed by atoms with Crippen LogP contribution in [0.2, 0.25) is 0 Å². The number of nitrogens with zero attached hydrogens (tertiary/aromatic N) is 1. The molecule has 0 fully saturated rings. The standard InChI is InChI=1S/C18H17F2N3O2/c1-2-3-6-25-11-4-5-15(21-9-11)18(24)23-17-10-22-16-8-14(20)13(19)7-12(16)17/h4-5,7-10,22H,2-3,6H2,1H3,(H,23,24). The van der Waals surface area contributed by atoms with E-state index in [0.29, 0.717) is 28.9 Å². The van der Waals surface area contributed by atoms with Gasteiger partial charge in [0.25, 0.3) is 5.91 Å². The van der Waals surface area contributed by atoms with Gasteiger partial charge in [0, 0.05) is 17.6 Å². The number of amides is 1. The van der Waals surface area contributed by atoms with Gasteiger partial charge in [0.05, 0.1) is 24.0 Å². The Morgan fingerprint density at radius 1 is 1.28 bits per heavy atom. The normalized spacial score (nSPS) is 10.8. The zero-order chi connectivity index (χ0) is 17.8. The Balaban J connectivity index is 1.73. The van der Waals surface area contributed by atoms with Crippen molar-refractivity contribution in [3.8, 4) is 5.75 Å². The molecule has 0 saturated heterocycles. The molecule has 0 atom stereocenters. The van der Waals surface area contributed by atoms with Crippen LogP contribution >= 0.6 is 0 Å². The molecule has 3 rings (SSSR count). The Morgan fingerprint density at radius 2 is 2.08 bits per heavy atom. The summed E-state index contributed by atoms with van der Waals surface area (Å²) in [4.78, 5) is 19.1. The molecule has 0 aliphatic rings. The van der Waals surface area contributed by atoms with Crippen molar-refractivity contribution >= 4 is 22.5 Å². The summed E-state index contributed by atoms with van der Waals surface area (Å²) in [6.07, 6.45) is 4.93. The molecule has 130 valence electrons. The molecule has 0 aliphatic heterocycles. The number of pyridine rings is 1. The Bertz CT molecular complexity index is 891. The van der Waals surface area contributed by atoms with Crippen LogP contribution in [-0.2, 0) is 0 Å². The van der Waals surface area contributed by atoms with Gasteiger partial charge in [-0.15, -0.1) is 0 Å². The van der Waals surface area contributed by atoms with Crippen LogP contribution in [0, 0.1) is 11.6 Å². The minimum absolute atomic E-state index is 0.194. The number of rotatable bonds is 6. The van der Waals surface area contributed by atoms with Crippen molar-refractivity contribution in [3.63, 3.8) is 0 Å². The van der Waals surface area contributed by atoms with Crippen LogP contribution in [0.1, 0.15) is 30.3 Å².